The topological polar surface area (TPSA) is 38.3 Å². The monoisotopic (exact) mass is 255 g/mol. The summed E-state index contributed by atoms with van der Waals surface area (Å²) in [6.45, 7) is 4.00. The van der Waals surface area contributed by atoms with Gasteiger partial charge in [0.2, 0.25) is 0 Å². The van der Waals surface area contributed by atoms with Crippen molar-refractivity contribution in [3.63, 3.8) is 0 Å². The fraction of sp³-hybridized carbons (Fsp3) is 0.909. The van der Waals surface area contributed by atoms with Gasteiger partial charge in [-0.2, -0.15) is 13.2 Å². The minimum Gasteiger partial charge on any atom is -0.469 e. The summed E-state index contributed by atoms with van der Waals surface area (Å²) in [7, 11) is 1.31. The summed E-state index contributed by atoms with van der Waals surface area (Å²) in [6, 6.07) is -0.103. The summed E-state index contributed by atoms with van der Waals surface area (Å²) < 4.78 is 40.1. The van der Waals surface area contributed by atoms with Gasteiger partial charge in [-0.15, -0.1) is 0 Å². The molecule has 102 valence electrons. The summed E-state index contributed by atoms with van der Waals surface area (Å²) in [4.78, 5) is 11.2. The van der Waals surface area contributed by atoms with Crippen LogP contribution in [0.5, 0.6) is 0 Å². The Balaban J connectivity index is 3.65. The van der Waals surface area contributed by atoms with Crippen LogP contribution in [0.3, 0.4) is 0 Å². The number of methoxy groups -OCH3 is 1. The number of carbonyl (C=O) groups is 1. The van der Waals surface area contributed by atoms with Crippen LogP contribution in [0.4, 0.5) is 13.2 Å². The van der Waals surface area contributed by atoms with E-state index in [0.717, 1.165) is 0 Å². The van der Waals surface area contributed by atoms with Gasteiger partial charge in [-0.25, -0.2) is 0 Å². The number of ether oxygens (including phenoxy) is 1. The molecule has 0 aromatic heterocycles. The van der Waals surface area contributed by atoms with Crippen LogP contribution in [0.1, 0.15) is 33.1 Å². The Labute approximate surface area is 99.7 Å². The van der Waals surface area contributed by atoms with Gasteiger partial charge in [-0.3, -0.25) is 4.79 Å². The van der Waals surface area contributed by atoms with Crippen LogP contribution < -0.4 is 5.32 Å². The highest BCUT2D eigenvalue weighted by Gasteiger charge is 2.26. The molecule has 0 aliphatic heterocycles. The van der Waals surface area contributed by atoms with Crippen molar-refractivity contribution in [2.75, 3.05) is 13.7 Å². The molecule has 0 spiro atoms. The van der Waals surface area contributed by atoms with E-state index in [4.69, 9.17) is 0 Å². The van der Waals surface area contributed by atoms with Gasteiger partial charge in [0.05, 0.1) is 13.0 Å². The van der Waals surface area contributed by atoms with Gasteiger partial charge in [0.15, 0.2) is 0 Å². The van der Waals surface area contributed by atoms with Crippen molar-refractivity contribution in [3.05, 3.63) is 0 Å². The Morgan fingerprint density at radius 3 is 2.35 bits per heavy atom. The quantitative estimate of drug-likeness (QED) is 0.561. The molecule has 0 amide bonds. The summed E-state index contributed by atoms with van der Waals surface area (Å²) in [6.07, 6.45) is -4.28. The lowest BCUT2D eigenvalue weighted by molar-refractivity contribution is -0.145. The van der Waals surface area contributed by atoms with Gasteiger partial charge in [0, 0.05) is 12.5 Å². The second kappa shape index (κ2) is 7.53. The zero-order chi connectivity index (χ0) is 13.5. The minimum absolute atomic E-state index is 0.103. The Morgan fingerprint density at radius 1 is 1.29 bits per heavy atom. The molecular weight excluding hydrogens is 235 g/mol. The third-order valence-electron chi connectivity index (χ3n) is 2.68. The number of hydrogen-bond acceptors (Lipinski definition) is 3. The number of esters is 1. The molecule has 6 heteroatoms. The van der Waals surface area contributed by atoms with E-state index >= 15 is 0 Å². The fourth-order valence-corrected chi connectivity index (χ4v) is 1.35. The van der Waals surface area contributed by atoms with Gasteiger partial charge >= 0.3 is 12.1 Å². The van der Waals surface area contributed by atoms with Crippen molar-refractivity contribution in [1.82, 2.24) is 5.32 Å². The van der Waals surface area contributed by atoms with Gasteiger partial charge in [0.25, 0.3) is 0 Å². The molecule has 0 fully saturated rings. The first kappa shape index (κ1) is 16.2. The predicted octanol–water partition coefficient (Wildman–Crippen LogP) is 2.51. The molecule has 0 aromatic rings. The lowest BCUT2D eigenvalue weighted by Crippen LogP contribution is -2.37. The summed E-state index contributed by atoms with van der Waals surface area (Å²) >= 11 is 0. The zero-order valence-electron chi connectivity index (χ0n) is 10.4. The Bertz CT molecular complexity index is 231. The van der Waals surface area contributed by atoms with E-state index in [9.17, 15) is 18.0 Å². The van der Waals surface area contributed by atoms with Crippen LogP contribution in [0.15, 0.2) is 0 Å². The standard InChI is InChI=1S/C11H20F3NO2/c1-8(10(16)17-3)9(2)15-7-5-4-6-11(12,13)14/h8-9,15H,4-7H2,1-3H3. The van der Waals surface area contributed by atoms with Crippen molar-refractivity contribution in [1.29, 1.82) is 0 Å². The van der Waals surface area contributed by atoms with Gasteiger partial charge in [-0.1, -0.05) is 6.92 Å². The van der Waals surface area contributed by atoms with Crippen LogP contribution in [0.2, 0.25) is 0 Å². The first-order chi connectivity index (χ1) is 7.78. The minimum atomic E-state index is -4.08. The normalized spacial score (nSPS) is 15.4. The number of nitrogens with one attached hydrogen (secondary N) is 1. The van der Waals surface area contributed by atoms with Crippen molar-refractivity contribution in [2.24, 2.45) is 5.92 Å². The van der Waals surface area contributed by atoms with Gasteiger partial charge in [-0.05, 0) is 26.3 Å². The highest BCUT2D eigenvalue weighted by atomic mass is 19.4. The average molecular weight is 255 g/mol. The van der Waals surface area contributed by atoms with Crippen molar-refractivity contribution >= 4 is 5.97 Å². The molecular formula is C11H20F3NO2. The lowest BCUT2D eigenvalue weighted by atomic mass is 10.0. The van der Waals surface area contributed by atoms with Crippen LogP contribution >= 0.6 is 0 Å². The summed E-state index contributed by atoms with van der Waals surface area (Å²) in [5, 5.41) is 3.02. The molecule has 0 saturated heterocycles. The number of alkyl halides is 3. The van der Waals surface area contributed by atoms with Crippen LogP contribution in [-0.4, -0.2) is 31.8 Å². The molecule has 0 saturated carbocycles. The molecule has 2 atom stereocenters. The molecule has 0 heterocycles. The third-order valence-corrected chi connectivity index (χ3v) is 2.68. The van der Waals surface area contributed by atoms with E-state index in [1.165, 1.54) is 7.11 Å². The number of rotatable bonds is 7. The Morgan fingerprint density at radius 2 is 1.88 bits per heavy atom. The second-order valence-corrected chi connectivity index (χ2v) is 4.13. The van der Waals surface area contributed by atoms with Crippen molar-refractivity contribution in [2.45, 2.75) is 45.3 Å². The Kier molecular flexibility index (Phi) is 7.18. The molecule has 0 bridgehead atoms. The maximum Gasteiger partial charge on any atom is 0.389 e. The zero-order valence-corrected chi connectivity index (χ0v) is 10.4. The first-order valence-corrected chi connectivity index (χ1v) is 5.66. The van der Waals surface area contributed by atoms with Gasteiger partial charge in [0.1, 0.15) is 0 Å². The van der Waals surface area contributed by atoms with E-state index in [-0.39, 0.29) is 24.3 Å². The number of unbranched alkanes of at least 4 members (excludes halogenated alkanes) is 1. The first-order valence-electron chi connectivity index (χ1n) is 5.66. The molecule has 3 nitrogen and oxygen atoms in total. The smallest absolute Gasteiger partial charge is 0.389 e. The molecule has 0 aliphatic carbocycles. The molecule has 0 rings (SSSR count). The second-order valence-electron chi connectivity index (χ2n) is 4.13. The van der Waals surface area contributed by atoms with Crippen molar-refractivity contribution in [3.8, 4) is 0 Å². The predicted molar refractivity (Wildman–Crippen MR) is 58.6 cm³/mol. The highest BCUT2D eigenvalue weighted by molar-refractivity contribution is 5.72. The molecule has 0 aromatic carbocycles. The van der Waals surface area contributed by atoms with Crippen molar-refractivity contribution < 1.29 is 22.7 Å². The van der Waals surface area contributed by atoms with E-state index in [1.807, 2.05) is 6.92 Å². The number of hydrogen-bond donors (Lipinski definition) is 1. The molecule has 0 aliphatic rings. The molecule has 0 radical (unpaired) electrons. The maximum absolute atomic E-state index is 11.8. The van der Waals surface area contributed by atoms with Crippen LogP contribution in [0, 0.1) is 5.92 Å². The highest BCUT2D eigenvalue weighted by Crippen LogP contribution is 2.21. The lowest BCUT2D eigenvalue weighted by Gasteiger charge is -2.19. The summed E-state index contributed by atoms with van der Waals surface area (Å²) in [5.74, 6) is -0.622. The SMILES string of the molecule is COC(=O)C(C)C(C)NCCCCC(F)(F)F. The third kappa shape index (κ3) is 8.01. The Hall–Kier alpha value is -0.780. The average Bonchev–Trinajstić information content (AvgIpc) is 2.24. The summed E-state index contributed by atoms with van der Waals surface area (Å²) in [5.41, 5.74) is 0. The van der Waals surface area contributed by atoms with Gasteiger partial charge < -0.3 is 10.1 Å². The number of halogens is 3. The van der Waals surface area contributed by atoms with E-state index in [0.29, 0.717) is 13.0 Å². The van der Waals surface area contributed by atoms with Crippen LogP contribution in [-0.2, 0) is 9.53 Å². The molecule has 1 N–H and O–H groups in total. The molecule has 2 unspecified atom stereocenters. The largest absolute Gasteiger partial charge is 0.469 e. The van der Waals surface area contributed by atoms with E-state index < -0.39 is 12.6 Å². The molecule has 17 heavy (non-hydrogen) atoms. The van der Waals surface area contributed by atoms with E-state index in [2.05, 4.69) is 10.1 Å². The number of carbonyl (C=O) groups excluding carboxylic acids is 1. The maximum atomic E-state index is 11.8. The fourth-order valence-electron chi connectivity index (χ4n) is 1.35. The van der Waals surface area contributed by atoms with E-state index in [1.54, 1.807) is 6.92 Å². The van der Waals surface area contributed by atoms with Crippen LogP contribution in [0.25, 0.3) is 0 Å².